The Morgan fingerprint density at radius 3 is 2.94 bits per heavy atom. The first-order valence-electron chi connectivity index (χ1n) is 5.53. The minimum Gasteiger partial charge on any atom is -0.334 e. The molecule has 0 atom stereocenters. The molecule has 0 N–H and O–H groups in total. The molecule has 4 nitrogen and oxygen atoms in total. The molecule has 0 radical (unpaired) electrons. The summed E-state index contributed by atoms with van der Waals surface area (Å²) < 4.78 is 1.98. The van der Waals surface area contributed by atoms with Gasteiger partial charge in [0.25, 0.3) is 0 Å². The zero-order valence-corrected chi connectivity index (χ0v) is 10.9. The first-order chi connectivity index (χ1) is 8.69. The van der Waals surface area contributed by atoms with Crippen LogP contribution in [0.2, 0.25) is 0 Å². The topological polar surface area (TPSA) is 47.8 Å². The molecule has 0 aliphatic heterocycles. The van der Waals surface area contributed by atoms with Gasteiger partial charge in [0.1, 0.15) is 5.01 Å². The Kier molecular flexibility index (Phi) is 2.48. The molecule has 0 aliphatic carbocycles. The Morgan fingerprint density at radius 1 is 1.39 bits per heavy atom. The fourth-order valence-corrected chi connectivity index (χ4v) is 2.79. The summed E-state index contributed by atoms with van der Waals surface area (Å²) in [5, 5.41) is 0.863. The van der Waals surface area contributed by atoms with Gasteiger partial charge in [0.15, 0.2) is 6.29 Å². The van der Waals surface area contributed by atoms with Gasteiger partial charge in [0.05, 0.1) is 27.9 Å². The minimum absolute atomic E-state index is 0.686. The second kappa shape index (κ2) is 4.03. The van der Waals surface area contributed by atoms with Gasteiger partial charge in [-0.05, 0) is 25.1 Å². The van der Waals surface area contributed by atoms with Crippen molar-refractivity contribution in [1.82, 2.24) is 14.5 Å². The smallest absolute Gasteiger partial charge is 0.161 e. The van der Waals surface area contributed by atoms with Crippen LogP contribution in [0.3, 0.4) is 0 Å². The summed E-state index contributed by atoms with van der Waals surface area (Å²) in [6, 6.07) is 6.04. The van der Waals surface area contributed by atoms with Crippen molar-refractivity contribution >= 4 is 28.7 Å². The predicted molar refractivity (Wildman–Crippen MR) is 71.9 cm³/mol. The highest BCUT2D eigenvalue weighted by Gasteiger charge is 2.10. The summed E-state index contributed by atoms with van der Waals surface area (Å²) >= 11 is 1.41. The first-order valence-corrected chi connectivity index (χ1v) is 6.35. The molecule has 0 bridgehead atoms. The largest absolute Gasteiger partial charge is 0.334 e. The number of aldehydes is 1. The van der Waals surface area contributed by atoms with Crippen molar-refractivity contribution in [2.45, 2.75) is 6.92 Å². The van der Waals surface area contributed by atoms with Crippen LogP contribution in [0.15, 0.2) is 24.5 Å². The van der Waals surface area contributed by atoms with Gasteiger partial charge in [-0.2, -0.15) is 0 Å². The zero-order valence-electron chi connectivity index (χ0n) is 10.0. The Hall–Kier alpha value is -2.01. The van der Waals surface area contributed by atoms with Gasteiger partial charge in [-0.1, -0.05) is 0 Å². The van der Waals surface area contributed by atoms with Crippen molar-refractivity contribution in [1.29, 1.82) is 0 Å². The van der Waals surface area contributed by atoms with Crippen molar-refractivity contribution in [3.05, 3.63) is 35.1 Å². The normalized spacial score (nSPS) is 11.0. The molecule has 0 amide bonds. The third-order valence-corrected chi connectivity index (χ3v) is 4.04. The van der Waals surface area contributed by atoms with Gasteiger partial charge < -0.3 is 4.57 Å². The summed E-state index contributed by atoms with van der Waals surface area (Å²) in [5.41, 5.74) is 3.81. The zero-order chi connectivity index (χ0) is 12.7. The lowest BCUT2D eigenvalue weighted by Gasteiger charge is -1.97. The molecule has 3 aromatic rings. The fourth-order valence-electron chi connectivity index (χ4n) is 1.91. The van der Waals surface area contributed by atoms with Gasteiger partial charge in [0, 0.05) is 12.6 Å². The number of imidazole rings is 1. The van der Waals surface area contributed by atoms with E-state index in [0.29, 0.717) is 4.88 Å². The molecule has 0 saturated heterocycles. The molecule has 2 aromatic heterocycles. The van der Waals surface area contributed by atoms with Gasteiger partial charge in [-0.15, -0.1) is 11.3 Å². The average molecular weight is 257 g/mol. The standard InChI is InChI=1S/C13H11N3OS/c1-8-12(6-17)18-13(15-8)9-3-4-11-10(5-9)14-7-16(11)2/h3-7H,1-2H3. The number of carbonyl (C=O) groups excluding carboxylic acids is 1. The Morgan fingerprint density at radius 2 is 2.22 bits per heavy atom. The molecule has 0 spiro atoms. The first kappa shape index (κ1) is 11.1. The van der Waals surface area contributed by atoms with E-state index in [-0.39, 0.29) is 0 Å². The van der Waals surface area contributed by atoms with Gasteiger partial charge >= 0.3 is 0 Å². The summed E-state index contributed by atoms with van der Waals surface area (Å²) in [6.07, 6.45) is 2.65. The fraction of sp³-hybridized carbons (Fsp3) is 0.154. The third-order valence-electron chi connectivity index (χ3n) is 2.91. The molecule has 1 aromatic carbocycles. The third kappa shape index (κ3) is 1.64. The lowest BCUT2D eigenvalue weighted by atomic mass is 10.2. The number of thiazole rings is 1. The molecule has 2 heterocycles. The minimum atomic E-state index is 0.686. The number of aromatic nitrogens is 3. The molecule has 18 heavy (non-hydrogen) atoms. The number of rotatable bonds is 2. The quantitative estimate of drug-likeness (QED) is 0.663. The summed E-state index contributed by atoms with van der Waals surface area (Å²) in [6.45, 7) is 1.85. The summed E-state index contributed by atoms with van der Waals surface area (Å²) in [4.78, 5) is 20.3. The van der Waals surface area contributed by atoms with E-state index in [0.717, 1.165) is 33.6 Å². The molecule has 0 unspecified atom stereocenters. The predicted octanol–water partition coefficient (Wildman–Crippen LogP) is 2.82. The lowest BCUT2D eigenvalue weighted by Crippen LogP contribution is -1.83. The second-order valence-electron chi connectivity index (χ2n) is 4.15. The number of nitrogens with zero attached hydrogens (tertiary/aromatic N) is 3. The maximum Gasteiger partial charge on any atom is 0.161 e. The van der Waals surface area contributed by atoms with Crippen LogP contribution in [-0.2, 0) is 7.05 Å². The summed E-state index contributed by atoms with van der Waals surface area (Å²) in [5.74, 6) is 0. The molecule has 3 rings (SSSR count). The highest BCUT2D eigenvalue weighted by Crippen LogP contribution is 2.28. The van der Waals surface area contributed by atoms with Crippen molar-refractivity contribution < 1.29 is 4.79 Å². The highest BCUT2D eigenvalue weighted by molar-refractivity contribution is 7.16. The van der Waals surface area contributed by atoms with Crippen LogP contribution in [0, 0.1) is 6.92 Å². The Labute approximate surface area is 108 Å². The van der Waals surface area contributed by atoms with Crippen LogP contribution >= 0.6 is 11.3 Å². The van der Waals surface area contributed by atoms with Crippen molar-refractivity contribution in [2.75, 3.05) is 0 Å². The summed E-state index contributed by atoms with van der Waals surface area (Å²) in [7, 11) is 1.97. The van der Waals surface area contributed by atoms with Crippen molar-refractivity contribution in [2.24, 2.45) is 7.05 Å². The van der Waals surface area contributed by atoms with E-state index >= 15 is 0 Å². The van der Waals surface area contributed by atoms with E-state index < -0.39 is 0 Å². The molecule has 5 heteroatoms. The van der Waals surface area contributed by atoms with Crippen LogP contribution in [0.1, 0.15) is 15.4 Å². The highest BCUT2D eigenvalue weighted by atomic mass is 32.1. The number of fused-ring (bicyclic) bond motifs is 1. The molecule has 0 saturated carbocycles. The monoisotopic (exact) mass is 257 g/mol. The van der Waals surface area contributed by atoms with Crippen molar-refractivity contribution in [3.63, 3.8) is 0 Å². The number of aryl methyl sites for hydroxylation is 2. The number of hydrogen-bond acceptors (Lipinski definition) is 4. The average Bonchev–Trinajstić information content (AvgIpc) is 2.93. The van der Waals surface area contributed by atoms with Crippen LogP contribution in [0.25, 0.3) is 21.6 Å². The van der Waals surface area contributed by atoms with Gasteiger partial charge in [-0.3, -0.25) is 4.79 Å². The van der Waals surface area contributed by atoms with E-state index in [4.69, 9.17) is 0 Å². The van der Waals surface area contributed by atoms with Crippen molar-refractivity contribution in [3.8, 4) is 10.6 Å². The number of hydrogen-bond donors (Lipinski definition) is 0. The van der Waals surface area contributed by atoms with Crippen LogP contribution in [0.5, 0.6) is 0 Å². The van der Waals surface area contributed by atoms with Crippen LogP contribution in [0.4, 0.5) is 0 Å². The second-order valence-corrected chi connectivity index (χ2v) is 5.18. The number of carbonyl (C=O) groups is 1. The maximum atomic E-state index is 10.8. The Bertz CT molecular complexity index is 742. The van der Waals surface area contributed by atoms with E-state index in [1.807, 2.05) is 36.7 Å². The SMILES string of the molecule is Cc1nc(-c2ccc3c(c2)ncn3C)sc1C=O. The lowest BCUT2D eigenvalue weighted by molar-refractivity contribution is 0.112. The van der Waals surface area contributed by atoms with E-state index in [9.17, 15) is 4.79 Å². The van der Waals surface area contributed by atoms with E-state index in [1.54, 1.807) is 6.33 Å². The van der Waals surface area contributed by atoms with Gasteiger partial charge in [0.2, 0.25) is 0 Å². The molecule has 0 aliphatic rings. The maximum absolute atomic E-state index is 10.8. The van der Waals surface area contributed by atoms with Crippen LogP contribution in [-0.4, -0.2) is 20.8 Å². The molecular weight excluding hydrogens is 246 g/mol. The number of benzene rings is 1. The Balaban J connectivity index is 2.15. The van der Waals surface area contributed by atoms with E-state index in [2.05, 4.69) is 9.97 Å². The van der Waals surface area contributed by atoms with E-state index in [1.165, 1.54) is 11.3 Å². The molecule has 90 valence electrons. The molecule has 0 fully saturated rings. The van der Waals surface area contributed by atoms with Crippen LogP contribution < -0.4 is 0 Å². The van der Waals surface area contributed by atoms with Gasteiger partial charge in [-0.25, -0.2) is 9.97 Å². The molecular formula is C13H11N3OS.